The Labute approximate surface area is 192 Å². The summed E-state index contributed by atoms with van der Waals surface area (Å²) >= 11 is 0. The minimum Gasteiger partial charge on any atom is -0.367 e. The van der Waals surface area contributed by atoms with Gasteiger partial charge in [0.05, 0.1) is 16.8 Å². The number of nitrogens with zero attached hydrogens (tertiary/aromatic N) is 4. The van der Waals surface area contributed by atoms with Crippen molar-refractivity contribution in [3.63, 3.8) is 0 Å². The van der Waals surface area contributed by atoms with E-state index in [9.17, 15) is 4.39 Å². The topological polar surface area (TPSA) is 81.8 Å². The maximum atomic E-state index is 13.4. The molecule has 170 valence electrons. The van der Waals surface area contributed by atoms with Gasteiger partial charge in [0.2, 0.25) is 0 Å². The Morgan fingerprint density at radius 1 is 1.15 bits per heavy atom. The molecule has 0 amide bonds. The molecule has 4 aromatic rings. The quantitative estimate of drug-likeness (QED) is 0.408. The predicted octanol–water partition coefficient (Wildman–Crippen LogP) is 4.82. The SMILES string of the molecule is CC(C)c1cnc(-c2ccc(F)cc2)nc1Nc1ccnc2[nH]cc(N3CCN[C@H](C)C3)c12. The number of fused-ring (bicyclic) bond motifs is 1. The number of aromatic amines is 1. The second-order valence-electron chi connectivity index (χ2n) is 8.84. The third kappa shape index (κ3) is 4.26. The van der Waals surface area contributed by atoms with Crippen LogP contribution in [-0.2, 0) is 0 Å². The summed E-state index contributed by atoms with van der Waals surface area (Å²) in [6.07, 6.45) is 5.68. The van der Waals surface area contributed by atoms with Gasteiger partial charge in [0.15, 0.2) is 5.82 Å². The lowest BCUT2D eigenvalue weighted by Gasteiger charge is -2.33. The van der Waals surface area contributed by atoms with Crippen molar-refractivity contribution >= 4 is 28.2 Å². The molecule has 3 N–H and O–H groups in total. The Balaban J connectivity index is 1.57. The van der Waals surface area contributed by atoms with Crippen LogP contribution in [0.1, 0.15) is 32.3 Å². The second kappa shape index (κ2) is 8.78. The minimum absolute atomic E-state index is 0.229. The van der Waals surface area contributed by atoms with E-state index >= 15 is 0 Å². The number of rotatable bonds is 5. The summed E-state index contributed by atoms with van der Waals surface area (Å²) in [4.78, 5) is 19.6. The molecule has 0 spiro atoms. The Hall–Kier alpha value is -3.52. The fourth-order valence-electron chi connectivity index (χ4n) is 4.32. The number of anilines is 3. The van der Waals surface area contributed by atoms with Gasteiger partial charge < -0.3 is 20.5 Å². The Kier molecular flexibility index (Phi) is 5.68. The van der Waals surface area contributed by atoms with Crippen molar-refractivity contribution in [1.29, 1.82) is 0 Å². The minimum atomic E-state index is -0.280. The molecule has 33 heavy (non-hydrogen) atoms. The van der Waals surface area contributed by atoms with E-state index in [1.807, 2.05) is 18.5 Å². The molecule has 0 unspecified atom stereocenters. The number of hydrogen-bond acceptors (Lipinski definition) is 6. The van der Waals surface area contributed by atoms with Crippen LogP contribution < -0.4 is 15.5 Å². The van der Waals surface area contributed by atoms with Crippen LogP contribution in [0.5, 0.6) is 0 Å². The normalized spacial score (nSPS) is 16.5. The summed E-state index contributed by atoms with van der Waals surface area (Å²) in [6.45, 7) is 9.25. The van der Waals surface area contributed by atoms with Crippen LogP contribution >= 0.6 is 0 Å². The number of H-pyrrole nitrogens is 1. The molecule has 1 atom stereocenters. The molecule has 1 aliphatic rings. The zero-order valence-electron chi connectivity index (χ0n) is 19.1. The highest BCUT2D eigenvalue weighted by Crippen LogP contribution is 2.35. The molecule has 0 aliphatic carbocycles. The van der Waals surface area contributed by atoms with Gasteiger partial charge in [0.1, 0.15) is 17.3 Å². The number of benzene rings is 1. The van der Waals surface area contributed by atoms with Gasteiger partial charge in [-0.3, -0.25) is 0 Å². The first-order chi connectivity index (χ1) is 16.0. The largest absolute Gasteiger partial charge is 0.367 e. The monoisotopic (exact) mass is 445 g/mol. The molecule has 0 radical (unpaired) electrons. The summed E-state index contributed by atoms with van der Waals surface area (Å²) in [6, 6.07) is 8.65. The van der Waals surface area contributed by atoms with Crippen LogP contribution in [0.4, 0.5) is 21.6 Å². The van der Waals surface area contributed by atoms with Crippen LogP contribution in [0.3, 0.4) is 0 Å². The van der Waals surface area contributed by atoms with Crippen molar-refractivity contribution in [2.45, 2.75) is 32.7 Å². The van der Waals surface area contributed by atoms with Crippen LogP contribution in [0.2, 0.25) is 0 Å². The summed E-state index contributed by atoms with van der Waals surface area (Å²) in [5, 5.41) is 8.11. The first kappa shape index (κ1) is 21.3. The van der Waals surface area contributed by atoms with E-state index in [1.165, 1.54) is 12.1 Å². The Morgan fingerprint density at radius 2 is 1.97 bits per heavy atom. The molecule has 5 rings (SSSR count). The molecular weight excluding hydrogens is 417 g/mol. The lowest BCUT2D eigenvalue weighted by atomic mass is 10.1. The van der Waals surface area contributed by atoms with Crippen molar-refractivity contribution in [1.82, 2.24) is 25.3 Å². The smallest absolute Gasteiger partial charge is 0.161 e. The average Bonchev–Trinajstić information content (AvgIpc) is 3.25. The second-order valence-corrected chi connectivity index (χ2v) is 8.84. The van der Waals surface area contributed by atoms with Gasteiger partial charge in [-0.25, -0.2) is 19.3 Å². The number of hydrogen-bond donors (Lipinski definition) is 3. The van der Waals surface area contributed by atoms with Gasteiger partial charge in [0.25, 0.3) is 0 Å². The molecule has 1 saturated heterocycles. The average molecular weight is 446 g/mol. The van der Waals surface area contributed by atoms with E-state index in [4.69, 9.17) is 4.98 Å². The van der Waals surface area contributed by atoms with E-state index in [1.54, 1.807) is 18.3 Å². The van der Waals surface area contributed by atoms with Crippen LogP contribution in [-0.4, -0.2) is 45.6 Å². The van der Waals surface area contributed by atoms with E-state index in [0.717, 1.165) is 59.0 Å². The summed E-state index contributed by atoms with van der Waals surface area (Å²) in [5.74, 6) is 1.24. The highest BCUT2D eigenvalue weighted by Gasteiger charge is 2.21. The highest BCUT2D eigenvalue weighted by molar-refractivity contribution is 6.01. The fourth-order valence-corrected chi connectivity index (χ4v) is 4.32. The Bertz CT molecular complexity index is 1270. The lowest BCUT2D eigenvalue weighted by molar-refractivity contribution is 0.485. The maximum absolute atomic E-state index is 13.4. The highest BCUT2D eigenvalue weighted by atomic mass is 19.1. The predicted molar refractivity (Wildman–Crippen MR) is 131 cm³/mol. The third-order valence-electron chi connectivity index (χ3n) is 6.06. The number of nitrogens with one attached hydrogen (secondary N) is 3. The summed E-state index contributed by atoms with van der Waals surface area (Å²) in [5.41, 5.74) is 4.69. The zero-order valence-corrected chi connectivity index (χ0v) is 19.1. The number of pyridine rings is 1. The third-order valence-corrected chi connectivity index (χ3v) is 6.06. The van der Waals surface area contributed by atoms with E-state index in [-0.39, 0.29) is 11.7 Å². The van der Waals surface area contributed by atoms with Gasteiger partial charge in [0, 0.05) is 55.4 Å². The molecule has 0 bridgehead atoms. The van der Waals surface area contributed by atoms with Crippen molar-refractivity contribution in [2.75, 3.05) is 29.9 Å². The summed E-state index contributed by atoms with van der Waals surface area (Å²) < 4.78 is 13.4. The Morgan fingerprint density at radius 3 is 2.73 bits per heavy atom. The van der Waals surface area contributed by atoms with Crippen LogP contribution in [0.25, 0.3) is 22.4 Å². The van der Waals surface area contributed by atoms with E-state index in [2.05, 4.69) is 51.3 Å². The maximum Gasteiger partial charge on any atom is 0.161 e. The van der Waals surface area contributed by atoms with Crippen LogP contribution in [0, 0.1) is 5.82 Å². The van der Waals surface area contributed by atoms with Crippen molar-refractivity contribution < 1.29 is 4.39 Å². The van der Waals surface area contributed by atoms with E-state index in [0.29, 0.717) is 11.9 Å². The molecular formula is C25H28FN7. The van der Waals surface area contributed by atoms with Crippen molar-refractivity contribution in [3.8, 4) is 11.4 Å². The molecule has 1 aliphatic heterocycles. The van der Waals surface area contributed by atoms with Gasteiger partial charge >= 0.3 is 0 Å². The zero-order chi connectivity index (χ0) is 22.9. The number of aromatic nitrogens is 4. The van der Waals surface area contributed by atoms with Crippen molar-refractivity contribution in [2.24, 2.45) is 0 Å². The molecule has 7 nitrogen and oxygen atoms in total. The lowest BCUT2D eigenvalue weighted by Crippen LogP contribution is -2.49. The molecule has 1 fully saturated rings. The number of piperazine rings is 1. The van der Waals surface area contributed by atoms with E-state index < -0.39 is 0 Å². The molecule has 8 heteroatoms. The fraction of sp³-hybridized carbons (Fsp3) is 0.320. The first-order valence-corrected chi connectivity index (χ1v) is 11.3. The molecule has 0 saturated carbocycles. The van der Waals surface area contributed by atoms with Gasteiger partial charge in [-0.2, -0.15) is 0 Å². The molecule has 1 aromatic carbocycles. The van der Waals surface area contributed by atoms with Crippen molar-refractivity contribution in [3.05, 3.63) is 60.3 Å². The number of halogens is 1. The molecule has 3 aromatic heterocycles. The summed E-state index contributed by atoms with van der Waals surface area (Å²) in [7, 11) is 0. The standard InChI is InChI=1S/C25H28FN7/c1-15(2)19-12-29-23(17-4-6-18(26)7-5-17)32-24(19)31-20-8-9-28-25-22(20)21(13-30-25)33-11-10-27-16(3)14-33/h4-9,12-13,15-16,27H,10-11,14H2,1-3H3,(H2,28,29,30,31,32)/t16-/m1/s1. The van der Waals surface area contributed by atoms with Gasteiger partial charge in [-0.1, -0.05) is 13.8 Å². The van der Waals surface area contributed by atoms with Gasteiger partial charge in [-0.15, -0.1) is 0 Å². The van der Waals surface area contributed by atoms with Crippen LogP contribution in [0.15, 0.2) is 48.9 Å². The van der Waals surface area contributed by atoms with Gasteiger partial charge in [-0.05, 0) is 43.2 Å². The first-order valence-electron chi connectivity index (χ1n) is 11.3. The molecule has 4 heterocycles.